The number of hydrogen-bond acceptors (Lipinski definition) is 6. The molecular weight excluding hydrogens is 382 g/mol. The van der Waals surface area contributed by atoms with E-state index in [1.807, 2.05) is 19.9 Å². The number of aromatic nitrogens is 2. The Balaban J connectivity index is 0.000000757. The van der Waals surface area contributed by atoms with Gasteiger partial charge in [-0.2, -0.15) is 0 Å². The molecule has 4 rings (SSSR count). The van der Waals surface area contributed by atoms with Crippen molar-refractivity contribution in [2.75, 3.05) is 32.2 Å². The molecule has 164 valence electrons. The molecule has 0 spiro atoms. The average molecular weight is 416 g/mol. The summed E-state index contributed by atoms with van der Waals surface area (Å²) in [4.78, 5) is 29.1. The Bertz CT molecular complexity index is 868. The van der Waals surface area contributed by atoms with Crippen LogP contribution in [0, 0.1) is 0 Å². The maximum atomic E-state index is 12.9. The van der Waals surface area contributed by atoms with Crippen LogP contribution < -0.4 is 10.9 Å². The average Bonchev–Trinajstić information content (AvgIpc) is 3.27. The molecule has 0 aromatic carbocycles. The van der Waals surface area contributed by atoms with E-state index in [9.17, 15) is 9.59 Å². The van der Waals surface area contributed by atoms with Crippen LogP contribution in [0.3, 0.4) is 0 Å². The molecular formula is C23H33N3O4. The normalized spacial score (nSPS) is 19.3. The third-order valence-corrected chi connectivity index (χ3v) is 5.17. The molecule has 1 aromatic rings. The molecule has 3 aliphatic rings. The lowest BCUT2D eigenvalue weighted by Gasteiger charge is -2.19. The Morgan fingerprint density at radius 1 is 1.27 bits per heavy atom. The molecule has 2 N–H and O–H groups in total. The number of aliphatic hydroxyl groups is 1. The highest BCUT2D eigenvalue weighted by Crippen LogP contribution is 2.30. The fourth-order valence-corrected chi connectivity index (χ4v) is 3.81. The Kier molecular flexibility index (Phi) is 9.70. The summed E-state index contributed by atoms with van der Waals surface area (Å²) in [5.41, 5.74) is 3.77. The summed E-state index contributed by atoms with van der Waals surface area (Å²) in [5, 5.41) is 10.2. The van der Waals surface area contributed by atoms with E-state index in [-0.39, 0.29) is 5.56 Å². The highest BCUT2D eigenvalue weighted by Gasteiger charge is 2.29. The molecule has 1 atom stereocenters. The van der Waals surface area contributed by atoms with Crippen LogP contribution in [0.1, 0.15) is 57.0 Å². The number of nitrogens with one attached hydrogen (secondary N) is 1. The minimum absolute atomic E-state index is 0.202. The molecule has 1 aliphatic carbocycles. The lowest BCUT2D eigenvalue weighted by Crippen LogP contribution is -2.30. The van der Waals surface area contributed by atoms with Crippen molar-refractivity contribution in [3.05, 3.63) is 51.6 Å². The lowest BCUT2D eigenvalue weighted by atomic mass is 10.0. The number of hydrogen-bond donors (Lipinski definition) is 2. The van der Waals surface area contributed by atoms with Crippen LogP contribution >= 0.6 is 0 Å². The van der Waals surface area contributed by atoms with Gasteiger partial charge >= 0.3 is 0 Å². The van der Waals surface area contributed by atoms with Crippen LogP contribution in [0.5, 0.6) is 0 Å². The molecule has 0 amide bonds. The quantitative estimate of drug-likeness (QED) is 0.718. The fourth-order valence-electron chi connectivity index (χ4n) is 3.81. The minimum Gasteiger partial charge on any atom is -0.400 e. The van der Waals surface area contributed by atoms with Crippen molar-refractivity contribution in [2.24, 2.45) is 0 Å². The monoisotopic (exact) mass is 415 g/mol. The molecule has 0 radical (unpaired) electrons. The number of carbonyl (C=O) groups is 1. The molecule has 0 saturated heterocycles. The zero-order chi connectivity index (χ0) is 21.9. The third-order valence-electron chi connectivity index (χ3n) is 5.17. The first-order valence-corrected chi connectivity index (χ1v) is 10.7. The largest absolute Gasteiger partial charge is 0.400 e. The Morgan fingerprint density at radius 2 is 2.07 bits per heavy atom. The number of ether oxygens (including phenoxy) is 1. The van der Waals surface area contributed by atoms with Crippen LogP contribution in [0.4, 0.5) is 5.82 Å². The third kappa shape index (κ3) is 5.34. The minimum atomic E-state index is -0.394. The van der Waals surface area contributed by atoms with Crippen molar-refractivity contribution < 1.29 is 14.6 Å². The Labute approximate surface area is 178 Å². The van der Waals surface area contributed by atoms with E-state index in [0.29, 0.717) is 38.4 Å². The summed E-state index contributed by atoms with van der Waals surface area (Å²) in [6.07, 6.45) is 13.5. The molecule has 1 aromatic heterocycles. The molecule has 7 nitrogen and oxygen atoms in total. The van der Waals surface area contributed by atoms with Gasteiger partial charge in [-0.25, -0.2) is 4.98 Å². The zero-order valence-electron chi connectivity index (χ0n) is 18.2. The second kappa shape index (κ2) is 12.2. The van der Waals surface area contributed by atoms with Gasteiger partial charge in [-0.1, -0.05) is 38.2 Å². The number of nitrogens with zero attached hydrogens (tertiary/aromatic N) is 2. The van der Waals surface area contributed by atoms with E-state index in [1.54, 1.807) is 4.57 Å². The van der Waals surface area contributed by atoms with Gasteiger partial charge in [0.25, 0.3) is 5.56 Å². The van der Waals surface area contributed by atoms with Gasteiger partial charge in [0.15, 0.2) is 5.82 Å². The molecule has 0 saturated carbocycles. The predicted octanol–water partition coefficient (Wildman–Crippen LogP) is 3.06. The first-order valence-electron chi connectivity index (χ1n) is 10.7. The van der Waals surface area contributed by atoms with Crippen molar-refractivity contribution in [1.82, 2.24) is 9.55 Å². The van der Waals surface area contributed by atoms with Gasteiger partial charge in [0.05, 0.1) is 24.9 Å². The lowest BCUT2D eigenvalue weighted by molar-refractivity contribution is -0.110. The van der Waals surface area contributed by atoms with Crippen LogP contribution in [0.25, 0.3) is 5.57 Å². The van der Waals surface area contributed by atoms with Gasteiger partial charge in [0.2, 0.25) is 0 Å². The fraction of sp³-hybridized carbons (Fsp3) is 0.522. The SMILES string of the molecule is CC.CO.O=CC1CCc2c(C3=CCOCC3)nc(NCC3=CCCC=C3)c(=O)n21. The van der Waals surface area contributed by atoms with Crippen LogP contribution in [0.15, 0.2) is 34.7 Å². The highest BCUT2D eigenvalue weighted by molar-refractivity contribution is 5.68. The smallest absolute Gasteiger partial charge is 0.294 e. The summed E-state index contributed by atoms with van der Waals surface area (Å²) < 4.78 is 7.04. The molecule has 3 heterocycles. The molecule has 2 aliphatic heterocycles. The Morgan fingerprint density at radius 3 is 2.70 bits per heavy atom. The number of rotatable bonds is 5. The second-order valence-corrected chi connectivity index (χ2v) is 6.84. The van der Waals surface area contributed by atoms with Crippen LogP contribution in [-0.2, 0) is 16.0 Å². The van der Waals surface area contributed by atoms with Crippen molar-refractivity contribution in [1.29, 1.82) is 0 Å². The summed E-state index contributed by atoms with van der Waals surface area (Å²) in [5.74, 6) is 0.324. The van der Waals surface area contributed by atoms with E-state index in [4.69, 9.17) is 9.84 Å². The van der Waals surface area contributed by atoms with Crippen molar-refractivity contribution in [2.45, 2.75) is 52.0 Å². The van der Waals surface area contributed by atoms with Gasteiger partial charge < -0.3 is 20.0 Å². The summed E-state index contributed by atoms with van der Waals surface area (Å²) in [6.45, 7) is 5.78. The zero-order valence-corrected chi connectivity index (χ0v) is 18.2. The number of carbonyl (C=O) groups excluding carboxylic acids is 1. The molecule has 0 fully saturated rings. The first-order chi connectivity index (χ1) is 14.8. The van der Waals surface area contributed by atoms with E-state index < -0.39 is 6.04 Å². The highest BCUT2D eigenvalue weighted by atomic mass is 16.5. The maximum absolute atomic E-state index is 12.9. The molecule has 0 bridgehead atoms. The van der Waals surface area contributed by atoms with Crippen molar-refractivity contribution in [3.63, 3.8) is 0 Å². The number of anilines is 1. The number of allylic oxidation sites excluding steroid dienone is 2. The van der Waals surface area contributed by atoms with E-state index in [1.165, 1.54) is 0 Å². The molecule has 30 heavy (non-hydrogen) atoms. The topological polar surface area (TPSA) is 93.5 Å². The van der Waals surface area contributed by atoms with Gasteiger partial charge in [0.1, 0.15) is 6.29 Å². The van der Waals surface area contributed by atoms with Gasteiger partial charge in [-0.3, -0.25) is 9.36 Å². The number of aliphatic hydroxyl groups excluding tert-OH is 1. The predicted molar refractivity (Wildman–Crippen MR) is 120 cm³/mol. The summed E-state index contributed by atoms with van der Waals surface area (Å²) in [6, 6.07) is -0.394. The standard InChI is InChI=1S/C20H23N3O3.C2H6.CH4O/c24-13-16-6-7-17-18(15-8-10-26-11-9-15)22-19(20(25)23(16)17)21-12-14-4-2-1-3-5-14;2*1-2/h2,4-5,8,13,16H,1,3,6-7,9-12H2,(H,21,22);1-2H3;2H,1H3. The van der Waals surface area contributed by atoms with Gasteiger partial charge in [-0.05, 0) is 43.3 Å². The molecule has 7 heteroatoms. The van der Waals surface area contributed by atoms with Crippen LogP contribution in [-0.4, -0.2) is 47.8 Å². The van der Waals surface area contributed by atoms with E-state index >= 15 is 0 Å². The number of fused-ring (bicyclic) bond motifs is 1. The summed E-state index contributed by atoms with van der Waals surface area (Å²) in [7, 11) is 1.00. The summed E-state index contributed by atoms with van der Waals surface area (Å²) >= 11 is 0. The van der Waals surface area contributed by atoms with Gasteiger partial charge in [-0.15, -0.1) is 0 Å². The first kappa shape index (κ1) is 23.8. The van der Waals surface area contributed by atoms with Crippen molar-refractivity contribution in [3.8, 4) is 0 Å². The number of aldehydes is 1. The maximum Gasteiger partial charge on any atom is 0.294 e. The second-order valence-electron chi connectivity index (χ2n) is 6.84. The Hall–Kier alpha value is -2.51. The van der Waals surface area contributed by atoms with Crippen LogP contribution in [0.2, 0.25) is 0 Å². The van der Waals surface area contributed by atoms with E-state index in [0.717, 1.165) is 55.2 Å². The van der Waals surface area contributed by atoms with Gasteiger partial charge in [0, 0.05) is 19.3 Å². The molecule has 1 unspecified atom stereocenters. The van der Waals surface area contributed by atoms with Crippen molar-refractivity contribution >= 4 is 17.7 Å². The van der Waals surface area contributed by atoms with E-state index in [2.05, 4.69) is 28.5 Å².